The summed E-state index contributed by atoms with van der Waals surface area (Å²) in [7, 11) is 0. The van der Waals surface area contributed by atoms with Crippen molar-refractivity contribution in [1.82, 2.24) is 0 Å². The molecule has 0 aliphatic heterocycles. The Labute approximate surface area is 169 Å². The lowest BCUT2D eigenvalue weighted by Gasteiger charge is -2.38. The van der Waals surface area contributed by atoms with E-state index in [-0.39, 0.29) is 0 Å². The SMILES string of the molecule is CCCC1CCC(C2CCC(CCc3ccc(C)c(C(F)F)c3F)CC2)CC1. The molecule has 158 valence electrons. The molecule has 0 radical (unpaired) electrons. The Morgan fingerprint density at radius 1 is 0.857 bits per heavy atom. The number of alkyl halides is 2. The van der Waals surface area contributed by atoms with Crippen molar-refractivity contribution in [2.75, 3.05) is 0 Å². The van der Waals surface area contributed by atoms with Gasteiger partial charge in [-0.2, -0.15) is 0 Å². The minimum absolute atomic E-state index is 0.352. The Hall–Kier alpha value is -0.990. The highest BCUT2D eigenvalue weighted by Gasteiger charge is 2.30. The number of aryl methyl sites for hydroxylation is 2. The Morgan fingerprint density at radius 3 is 1.89 bits per heavy atom. The summed E-state index contributed by atoms with van der Waals surface area (Å²) in [6.07, 6.45) is 12.3. The van der Waals surface area contributed by atoms with Gasteiger partial charge in [0.25, 0.3) is 6.43 Å². The fourth-order valence-corrected chi connectivity index (χ4v) is 5.86. The number of rotatable bonds is 7. The van der Waals surface area contributed by atoms with Crippen LogP contribution in [-0.2, 0) is 6.42 Å². The maximum Gasteiger partial charge on any atom is 0.266 e. The third kappa shape index (κ3) is 5.33. The van der Waals surface area contributed by atoms with Crippen LogP contribution in [0.3, 0.4) is 0 Å². The molecule has 0 heterocycles. The largest absolute Gasteiger partial charge is 0.266 e. The van der Waals surface area contributed by atoms with Crippen LogP contribution in [0.15, 0.2) is 12.1 Å². The molecule has 1 aromatic rings. The van der Waals surface area contributed by atoms with E-state index in [2.05, 4.69) is 6.92 Å². The van der Waals surface area contributed by atoms with Crippen LogP contribution in [0.1, 0.15) is 101 Å². The highest BCUT2D eigenvalue weighted by Crippen LogP contribution is 2.43. The second-order valence-electron chi connectivity index (χ2n) is 9.46. The van der Waals surface area contributed by atoms with Crippen LogP contribution in [0.2, 0.25) is 0 Å². The lowest BCUT2D eigenvalue weighted by atomic mass is 9.68. The van der Waals surface area contributed by atoms with E-state index in [4.69, 9.17) is 0 Å². The molecule has 2 aliphatic carbocycles. The summed E-state index contributed by atoms with van der Waals surface area (Å²) >= 11 is 0. The number of benzene rings is 1. The quantitative estimate of drug-likeness (QED) is 0.435. The molecule has 0 spiro atoms. The molecule has 2 aliphatic rings. The smallest absolute Gasteiger partial charge is 0.206 e. The summed E-state index contributed by atoms with van der Waals surface area (Å²) in [6, 6.07) is 3.35. The Morgan fingerprint density at radius 2 is 1.39 bits per heavy atom. The first-order valence-electron chi connectivity index (χ1n) is 11.6. The average molecular weight is 395 g/mol. The molecule has 0 unspecified atom stereocenters. The summed E-state index contributed by atoms with van der Waals surface area (Å²) in [5.41, 5.74) is 0.419. The second-order valence-corrected chi connectivity index (χ2v) is 9.46. The minimum atomic E-state index is -2.73. The molecule has 0 N–H and O–H groups in total. The fourth-order valence-electron chi connectivity index (χ4n) is 5.86. The Kier molecular flexibility index (Phi) is 7.88. The van der Waals surface area contributed by atoms with Gasteiger partial charge in [0.1, 0.15) is 5.82 Å². The number of hydrogen-bond acceptors (Lipinski definition) is 0. The molecule has 2 saturated carbocycles. The molecule has 28 heavy (non-hydrogen) atoms. The summed E-state index contributed by atoms with van der Waals surface area (Å²) in [6.45, 7) is 3.86. The molecule has 3 heteroatoms. The molecule has 0 aromatic heterocycles. The predicted molar refractivity (Wildman–Crippen MR) is 110 cm³/mol. The van der Waals surface area contributed by atoms with Crippen molar-refractivity contribution in [2.45, 2.75) is 97.3 Å². The van der Waals surface area contributed by atoms with E-state index in [0.717, 1.165) is 24.2 Å². The summed E-state index contributed by atoms with van der Waals surface area (Å²) in [5, 5.41) is 0. The van der Waals surface area contributed by atoms with Crippen molar-refractivity contribution < 1.29 is 13.2 Å². The van der Waals surface area contributed by atoms with Gasteiger partial charge < -0.3 is 0 Å². The van der Waals surface area contributed by atoms with E-state index < -0.39 is 17.8 Å². The zero-order valence-electron chi connectivity index (χ0n) is 17.7. The predicted octanol–water partition coefficient (Wildman–Crippen LogP) is 8.42. The van der Waals surface area contributed by atoms with Crippen molar-refractivity contribution in [3.63, 3.8) is 0 Å². The molecule has 0 amide bonds. The van der Waals surface area contributed by atoms with E-state index >= 15 is 0 Å². The minimum Gasteiger partial charge on any atom is -0.206 e. The monoisotopic (exact) mass is 394 g/mol. The van der Waals surface area contributed by atoms with Crippen LogP contribution >= 0.6 is 0 Å². The molecule has 3 rings (SSSR count). The van der Waals surface area contributed by atoms with Crippen LogP contribution < -0.4 is 0 Å². The summed E-state index contributed by atoms with van der Waals surface area (Å²) in [5.74, 6) is 2.74. The lowest BCUT2D eigenvalue weighted by molar-refractivity contribution is 0.140. The topological polar surface area (TPSA) is 0 Å². The lowest BCUT2D eigenvalue weighted by Crippen LogP contribution is -2.26. The Balaban J connectivity index is 1.45. The maximum atomic E-state index is 14.4. The molecule has 0 nitrogen and oxygen atoms in total. The van der Waals surface area contributed by atoms with Gasteiger partial charge in [0.15, 0.2) is 0 Å². The molecular formula is C25H37F3. The van der Waals surface area contributed by atoms with E-state index in [0.29, 0.717) is 23.5 Å². The molecule has 0 atom stereocenters. The van der Waals surface area contributed by atoms with Crippen molar-refractivity contribution in [1.29, 1.82) is 0 Å². The second kappa shape index (κ2) is 10.2. The van der Waals surface area contributed by atoms with Gasteiger partial charge in [-0.05, 0) is 80.2 Å². The highest BCUT2D eigenvalue weighted by atomic mass is 19.3. The molecule has 2 fully saturated rings. The molecule has 1 aromatic carbocycles. The Bertz CT molecular complexity index is 608. The van der Waals surface area contributed by atoms with Crippen LogP contribution in [-0.4, -0.2) is 0 Å². The van der Waals surface area contributed by atoms with Crippen molar-refractivity contribution in [2.24, 2.45) is 23.7 Å². The van der Waals surface area contributed by atoms with E-state index in [9.17, 15) is 13.2 Å². The van der Waals surface area contributed by atoms with Crippen LogP contribution in [0.5, 0.6) is 0 Å². The van der Waals surface area contributed by atoms with Gasteiger partial charge in [-0.15, -0.1) is 0 Å². The zero-order chi connectivity index (χ0) is 20.1. The molecule has 0 saturated heterocycles. The van der Waals surface area contributed by atoms with Gasteiger partial charge in [-0.25, -0.2) is 13.2 Å². The maximum absolute atomic E-state index is 14.4. The number of hydrogen-bond donors (Lipinski definition) is 0. The first-order valence-corrected chi connectivity index (χ1v) is 11.6. The van der Waals surface area contributed by atoms with Gasteiger partial charge >= 0.3 is 0 Å². The van der Waals surface area contributed by atoms with E-state index in [1.165, 1.54) is 64.2 Å². The van der Waals surface area contributed by atoms with Crippen LogP contribution in [0, 0.1) is 36.4 Å². The average Bonchev–Trinajstić information content (AvgIpc) is 2.68. The first-order chi connectivity index (χ1) is 13.5. The normalized spacial score (nSPS) is 28.6. The highest BCUT2D eigenvalue weighted by molar-refractivity contribution is 5.34. The van der Waals surface area contributed by atoms with Crippen molar-refractivity contribution in [3.8, 4) is 0 Å². The first kappa shape index (κ1) is 21.7. The van der Waals surface area contributed by atoms with Crippen molar-refractivity contribution in [3.05, 3.63) is 34.6 Å². The fraction of sp³-hybridized carbons (Fsp3) is 0.760. The molecular weight excluding hydrogens is 357 g/mol. The van der Waals surface area contributed by atoms with Gasteiger partial charge in [0.05, 0.1) is 5.56 Å². The van der Waals surface area contributed by atoms with E-state index in [1.54, 1.807) is 19.1 Å². The van der Waals surface area contributed by atoms with E-state index in [1.807, 2.05) is 0 Å². The zero-order valence-corrected chi connectivity index (χ0v) is 17.7. The third-order valence-electron chi connectivity index (χ3n) is 7.66. The van der Waals surface area contributed by atoms with Gasteiger partial charge in [-0.3, -0.25) is 0 Å². The number of halogens is 3. The van der Waals surface area contributed by atoms with Gasteiger partial charge in [0, 0.05) is 0 Å². The summed E-state index contributed by atoms with van der Waals surface area (Å²) < 4.78 is 40.7. The third-order valence-corrected chi connectivity index (χ3v) is 7.66. The van der Waals surface area contributed by atoms with Gasteiger partial charge in [0.2, 0.25) is 0 Å². The molecule has 0 bridgehead atoms. The summed E-state index contributed by atoms with van der Waals surface area (Å²) in [4.78, 5) is 0. The van der Waals surface area contributed by atoms with Crippen LogP contribution in [0.25, 0.3) is 0 Å². The van der Waals surface area contributed by atoms with Crippen molar-refractivity contribution >= 4 is 0 Å². The van der Waals surface area contributed by atoms with Crippen LogP contribution in [0.4, 0.5) is 13.2 Å². The van der Waals surface area contributed by atoms with Gasteiger partial charge in [-0.1, -0.05) is 57.6 Å². The standard InChI is InChI=1S/C25H37F3/c1-3-4-18-6-12-20(13-7-18)21-14-8-19(9-15-21)10-16-22-11-5-17(2)23(24(22)26)25(27)28/h5,11,18-21,25H,3-4,6-10,12-16H2,1-2H3.